The average Bonchev–Trinajstić information content (AvgIpc) is 2.68. The predicted molar refractivity (Wildman–Crippen MR) is 75.3 cm³/mol. The van der Waals surface area contributed by atoms with E-state index in [9.17, 15) is 4.79 Å². The number of hydrogen-bond donors (Lipinski definition) is 1. The highest BCUT2D eigenvalue weighted by Gasteiger charge is 2.17. The Kier molecular flexibility index (Phi) is 5.19. The van der Waals surface area contributed by atoms with Gasteiger partial charge in [0.15, 0.2) is 0 Å². The molecule has 1 fully saturated rings. The maximum absolute atomic E-state index is 11.9. The Balaban J connectivity index is 2.08. The maximum Gasteiger partial charge on any atom is 0.341 e. The van der Waals surface area contributed by atoms with E-state index in [4.69, 9.17) is 4.74 Å². The van der Waals surface area contributed by atoms with Crippen LogP contribution < -0.4 is 5.32 Å². The Labute approximate surface area is 114 Å². The summed E-state index contributed by atoms with van der Waals surface area (Å²) in [7, 11) is 0. The number of nitrogens with zero attached hydrogens (tertiary/aromatic N) is 1. The maximum atomic E-state index is 11.9. The highest BCUT2D eigenvalue weighted by Crippen LogP contribution is 2.22. The van der Waals surface area contributed by atoms with Gasteiger partial charge in [0.05, 0.1) is 6.61 Å². The zero-order valence-corrected chi connectivity index (χ0v) is 11.5. The molecule has 4 heteroatoms. The zero-order chi connectivity index (χ0) is 13.5. The summed E-state index contributed by atoms with van der Waals surface area (Å²) in [6.45, 7) is 2.20. The van der Waals surface area contributed by atoms with Crippen LogP contribution in [0.15, 0.2) is 18.3 Å². The van der Waals surface area contributed by atoms with E-state index in [-0.39, 0.29) is 5.97 Å². The quantitative estimate of drug-likeness (QED) is 0.667. The first-order valence-electron chi connectivity index (χ1n) is 7.20. The highest BCUT2D eigenvalue weighted by atomic mass is 16.5. The molecule has 1 N–H and O–H groups in total. The Hall–Kier alpha value is -1.58. The Morgan fingerprint density at radius 1 is 1.37 bits per heavy atom. The summed E-state index contributed by atoms with van der Waals surface area (Å²) in [6, 6.07) is 3.96. The lowest BCUT2D eigenvalue weighted by molar-refractivity contribution is 0.0527. The summed E-state index contributed by atoms with van der Waals surface area (Å²) >= 11 is 0. The van der Waals surface area contributed by atoms with Crippen molar-refractivity contribution in [2.75, 3.05) is 11.9 Å². The molecule has 0 bridgehead atoms. The summed E-state index contributed by atoms with van der Waals surface area (Å²) in [5.74, 6) is 0.361. The fraction of sp³-hybridized carbons (Fsp3) is 0.600. The van der Waals surface area contributed by atoms with Crippen molar-refractivity contribution in [3.05, 3.63) is 23.9 Å². The normalized spacial score (nSPS) is 16.7. The molecule has 104 valence electrons. The van der Waals surface area contributed by atoms with Gasteiger partial charge in [-0.05, 0) is 31.9 Å². The third-order valence-corrected chi connectivity index (χ3v) is 3.50. The minimum atomic E-state index is -0.299. The van der Waals surface area contributed by atoms with Crippen molar-refractivity contribution in [3.63, 3.8) is 0 Å². The molecule has 0 saturated heterocycles. The number of aromatic nitrogens is 1. The van der Waals surface area contributed by atoms with Crippen molar-refractivity contribution in [2.24, 2.45) is 0 Å². The topological polar surface area (TPSA) is 51.2 Å². The second-order valence-corrected chi connectivity index (χ2v) is 4.95. The van der Waals surface area contributed by atoms with E-state index in [1.165, 1.54) is 25.7 Å². The number of rotatable bonds is 4. The second-order valence-electron chi connectivity index (χ2n) is 4.95. The van der Waals surface area contributed by atoms with Crippen LogP contribution in [0.25, 0.3) is 0 Å². The summed E-state index contributed by atoms with van der Waals surface area (Å²) in [4.78, 5) is 16.2. The fourth-order valence-corrected chi connectivity index (χ4v) is 2.51. The monoisotopic (exact) mass is 262 g/mol. The second kappa shape index (κ2) is 7.12. The average molecular weight is 262 g/mol. The van der Waals surface area contributed by atoms with Crippen LogP contribution in [0.1, 0.15) is 55.8 Å². The minimum absolute atomic E-state index is 0.299. The van der Waals surface area contributed by atoms with E-state index < -0.39 is 0 Å². The largest absolute Gasteiger partial charge is 0.462 e. The number of pyridine rings is 1. The van der Waals surface area contributed by atoms with E-state index in [2.05, 4.69) is 10.3 Å². The van der Waals surface area contributed by atoms with Crippen LogP contribution >= 0.6 is 0 Å². The molecule has 1 aliphatic carbocycles. The molecule has 19 heavy (non-hydrogen) atoms. The molecule has 1 heterocycles. The van der Waals surface area contributed by atoms with Crippen LogP contribution in [-0.2, 0) is 4.74 Å². The van der Waals surface area contributed by atoms with E-state index in [1.807, 2.05) is 6.92 Å². The zero-order valence-electron chi connectivity index (χ0n) is 11.5. The van der Waals surface area contributed by atoms with Crippen molar-refractivity contribution in [3.8, 4) is 0 Å². The van der Waals surface area contributed by atoms with Crippen molar-refractivity contribution in [2.45, 2.75) is 51.5 Å². The molecule has 0 aliphatic heterocycles. The molecule has 0 radical (unpaired) electrons. The lowest BCUT2D eigenvalue weighted by Crippen LogP contribution is -2.21. The Morgan fingerprint density at radius 3 is 2.79 bits per heavy atom. The summed E-state index contributed by atoms with van der Waals surface area (Å²) in [5.41, 5.74) is 0.536. The molecule has 2 rings (SSSR count). The number of ether oxygens (including phenoxy) is 1. The Morgan fingerprint density at radius 2 is 2.11 bits per heavy atom. The van der Waals surface area contributed by atoms with Crippen LogP contribution in [0.5, 0.6) is 0 Å². The van der Waals surface area contributed by atoms with Gasteiger partial charge in [0.25, 0.3) is 0 Å². The summed E-state index contributed by atoms with van der Waals surface area (Å²) in [5, 5.41) is 3.42. The molecule has 0 amide bonds. The molecule has 0 spiro atoms. The molecule has 4 nitrogen and oxygen atoms in total. The first kappa shape index (κ1) is 13.8. The van der Waals surface area contributed by atoms with E-state index >= 15 is 0 Å². The van der Waals surface area contributed by atoms with E-state index in [0.717, 1.165) is 12.8 Å². The number of carbonyl (C=O) groups is 1. The van der Waals surface area contributed by atoms with Gasteiger partial charge in [-0.25, -0.2) is 9.78 Å². The van der Waals surface area contributed by atoms with Crippen LogP contribution in [0, 0.1) is 0 Å². The molecule has 0 unspecified atom stereocenters. The predicted octanol–water partition coefficient (Wildman–Crippen LogP) is 3.39. The van der Waals surface area contributed by atoms with Gasteiger partial charge in [0.1, 0.15) is 11.4 Å². The molecule has 1 aliphatic rings. The van der Waals surface area contributed by atoms with Gasteiger partial charge >= 0.3 is 5.97 Å². The first-order chi connectivity index (χ1) is 9.31. The summed E-state index contributed by atoms with van der Waals surface area (Å²) < 4.78 is 5.06. The minimum Gasteiger partial charge on any atom is -0.462 e. The number of carbonyl (C=O) groups excluding carboxylic acids is 1. The molecule has 1 aromatic heterocycles. The molecule has 0 aromatic carbocycles. The Bertz CT molecular complexity index is 412. The van der Waals surface area contributed by atoms with Gasteiger partial charge in [-0.15, -0.1) is 0 Å². The van der Waals surface area contributed by atoms with Gasteiger partial charge in [-0.1, -0.05) is 25.7 Å². The lowest BCUT2D eigenvalue weighted by atomic mass is 10.1. The molecule has 1 saturated carbocycles. The standard InChI is InChI=1S/C15H22N2O2/c1-2-19-15(18)13-10-7-11-16-14(13)17-12-8-5-3-4-6-9-12/h7,10-12H,2-6,8-9H2,1H3,(H,16,17). The summed E-state index contributed by atoms with van der Waals surface area (Å²) in [6.07, 6.45) is 9.13. The number of nitrogens with one attached hydrogen (secondary N) is 1. The van der Waals surface area contributed by atoms with Crippen molar-refractivity contribution in [1.29, 1.82) is 0 Å². The number of hydrogen-bond acceptors (Lipinski definition) is 4. The van der Waals surface area contributed by atoms with E-state index in [1.54, 1.807) is 18.3 Å². The fourth-order valence-electron chi connectivity index (χ4n) is 2.51. The SMILES string of the molecule is CCOC(=O)c1cccnc1NC1CCCCCC1. The molecule has 0 atom stereocenters. The van der Waals surface area contributed by atoms with Crippen molar-refractivity contribution in [1.82, 2.24) is 4.98 Å². The van der Waals surface area contributed by atoms with Crippen molar-refractivity contribution >= 4 is 11.8 Å². The molecular weight excluding hydrogens is 240 g/mol. The first-order valence-corrected chi connectivity index (χ1v) is 7.20. The van der Waals surface area contributed by atoms with Crippen LogP contribution in [0.2, 0.25) is 0 Å². The van der Waals surface area contributed by atoms with Gasteiger partial charge in [0, 0.05) is 12.2 Å². The van der Waals surface area contributed by atoms with Gasteiger partial charge in [-0.2, -0.15) is 0 Å². The van der Waals surface area contributed by atoms with Gasteiger partial charge in [-0.3, -0.25) is 0 Å². The lowest BCUT2D eigenvalue weighted by Gasteiger charge is -2.18. The number of esters is 1. The van der Waals surface area contributed by atoms with Gasteiger partial charge < -0.3 is 10.1 Å². The third kappa shape index (κ3) is 3.94. The molecular formula is C15H22N2O2. The molecule has 1 aromatic rings. The highest BCUT2D eigenvalue weighted by molar-refractivity contribution is 5.94. The van der Waals surface area contributed by atoms with Crippen LogP contribution in [0.4, 0.5) is 5.82 Å². The smallest absolute Gasteiger partial charge is 0.341 e. The van der Waals surface area contributed by atoms with E-state index in [0.29, 0.717) is 24.0 Å². The third-order valence-electron chi connectivity index (χ3n) is 3.50. The van der Waals surface area contributed by atoms with Gasteiger partial charge in [0.2, 0.25) is 0 Å². The van der Waals surface area contributed by atoms with Crippen molar-refractivity contribution < 1.29 is 9.53 Å². The van der Waals surface area contributed by atoms with Crippen LogP contribution in [0.3, 0.4) is 0 Å². The van der Waals surface area contributed by atoms with Crippen LogP contribution in [-0.4, -0.2) is 23.6 Å². The number of anilines is 1.